The molecule has 2 aromatic carbocycles. The Balaban J connectivity index is 1.87. The first-order valence-electron chi connectivity index (χ1n) is 8.96. The highest BCUT2D eigenvalue weighted by atomic mass is 16.5. The van der Waals surface area contributed by atoms with Crippen LogP contribution in [0.1, 0.15) is 42.1 Å². The van der Waals surface area contributed by atoms with E-state index in [1.54, 1.807) is 19.2 Å². The number of amides is 2. The first-order chi connectivity index (χ1) is 12.6. The fourth-order valence-electron chi connectivity index (χ4n) is 2.38. The molecule has 5 nitrogen and oxygen atoms in total. The zero-order valence-electron chi connectivity index (χ0n) is 15.4. The highest BCUT2D eigenvalue weighted by Gasteiger charge is 2.07. The van der Waals surface area contributed by atoms with Gasteiger partial charge in [-0.3, -0.25) is 9.59 Å². The number of carbonyl (C=O) groups is 2. The minimum Gasteiger partial charge on any atom is -0.494 e. The van der Waals surface area contributed by atoms with Crippen molar-refractivity contribution in [2.75, 3.05) is 19.0 Å². The van der Waals surface area contributed by atoms with Crippen LogP contribution in [-0.2, 0) is 11.2 Å². The van der Waals surface area contributed by atoms with Crippen molar-refractivity contribution in [2.24, 2.45) is 0 Å². The number of rotatable bonds is 9. The van der Waals surface area contributed by atoms with E-state index in [4.69, 9.17) is 4.74 Å². The largest absolute Gasteiger partial charge is 0.494 e. The van der Waals surface area contributed by atoms with E-state index in [1.165, 1.54) is 0 Å². The van der Waals surface area contributed by atoms with E-state index in [0.717, 1.165) is 29.8 Å². The second-order valence-corrected chi connectivity index (χ2v) is 6.05. The summed E-state index contributed by atoms with van der Waals surface area (Å²) in [6.45, 7) is 2.81. The highest BCUT2D eigenvalue weighted by Crippen LogP contribution is 2.16. The van der Waals surface area contributed by atoms with Crippen LogP contribution in [0.4, 0.5) is 5.69 Å². The predicted octanol–water partition coefficient (Wildman–Crippen LogP) is 3.80. The van der Waals surface area contributed by atoms with E-state index in [0.29, 0.717) is 25.0 Å². The van der Waals surface area contributed by atoms with Gasteiger partial charge in [-0.2, -0.15) is 0 Å². The van der Waals surface area contributed by atoms with Crippen LogP contribution in [0.3, 0.4) is 0 Å². The third kappa shape index (κ3) is 6.24. The second kappa shape index (κ2) is 10.2. The molecule has 138 valence electrons. The first kappa shape index (κ1) is 19.5. The number of hydrogen-bond acceptors (Lipinski definition) is 3. The van der Waals surface area contributed by atoms with E-state index in [2.05, 4.69) is 17.6 Å². The minimum atomic E-state index is -0.164. The normalized spacial score (nSPS) is 10.2. The van der Waals surface area contributed by atoms with Crippen molar-refractivity contribution in [2.45, 2.75) is 32.6 Å². The van der Waals surface area contributed by atoms with Gasteiger partial charge in [0.15, 0.2) is 0 Å². The molecule has 0 radical (unpaired) electrons. The van der Waals surface area contributed by atoms with Crippen molar-refractivity contribution in [1.29, 1.82) is 0 Å². The lowest BCUT2D eigenvalue weighted by Crippen LogP contribution is -2.17. The molecule has 0 aliphatic heterocycles. The van der Waals surface area contributed by atoms with Crippen molar-refractivity contribution in [3.63, 3.8) is 0 Å². The Bertz CT molecular complexity index is 709. The maximum Gasteiger partial charge on any atom is 0.255 e. The molecule has 0 fully saturated rings. The maximum atomic E-state index is 12.3. The second-order valence-electron chi connectivity index (χ2n) is 6.05. The Morgan fingerprint density at radius 2 is 1.69 bits per heavy atom. The summed E-state index contributed by atoms with van der Waals surface area (Å²) < 4.78 is 5.60. The van der Waals surface area contributed by atoms with Gasteiger partial charge in [0.25, 0.3) is 5.91 Å². The molecule has 0 aliphatic carbocycles. The molecule has 0 atom stereocenters. The summed E-state index contributed by atoms with van der Waals surface area (Å²) in [4.78, 5) is 23.6. The molecule has 0 saturated carbocycles. The number of hydrogen-bond donors (Lipinski definition) is 2. The van der Waals surface area contributed by atoms with Gasteiger partial charge in [0, 0.05) is 24.7 Å². The summed E-state index contributed by atoms with van der Waals surface area (Å²) in [6, 6.07) is 14.7. The van der Waals surface area contributed by atoms with Crippen LogP contribution in [0.5, 0.6) is 5.75 Å². The number of aryl methyl sites for hydroxylation is 1. The Morgan fingerprint density at radius 1 is 1.00 bits per heavy atom. The molecule has 0 aromatic heterocycles. The highest BCUT2D eigenvalue weighted by molar-refractivity contribution is 6.04. The van der Waals surface area contributed by atoms with Crippen molar-refractivity contribution in [1.82, 2.24) is 5.32 Å². The van der Waals surface area contributed by atoms with Crippen LogP contribution in [0.25, 0.3) is 0 Å². The lowest BCUT2D eigenvalue weighted by molar-refractivity contribution is -0.120. The van der Waals surface area contributed by atoms with Crippen molar-refractivity contribution >= 4 is 17.5 Å². The van der Waals surface area contributed by atoms with E-state index in [-0.39, 0.29) is 11.8 Å². The van der Waals surface area contributed by atoms with Gasteiger partial charge in [0.2, 0.25) is 5.91 Å². The van der Waals surface area contributed by atoms with Crippen molar-refractivity contribution in [3.05, 3.63) is 59.7 Å². The Kier molecular flexibility index (Phi) is 7.68. The number of nitrogens with one attached hydrogen (secondary N) is 2. The van der Waals surface area contributed by atoms with Crippen LogP contribution in [0.15, 0.2) is 48.5 Å². The number of ether oxygens (including phenoxy) is 1. The average Bonchev–Trinajstić information content (AvgIpc) is 2.68. The predicted molar refractivity (Wildman–Crippen MR) is 104 cm³/mol. The molecule has 0 spiro atoms. The van der Waals surface area contributed by atoms with Gasteiger partial charge in [-0.1, -0.05) is 25.5 Å². The topological polar surface area (TPSA) is 67.4 Å². The van der Waals surface area contributed by atoms with Gasteiger partial charge in [-0.05, 0) is 54.8 Å². The summed E-state index contributed by atoms with van der Waals surface area (Å²) in [5.74, 6) is 0.628. The third-order valence-electron chi connectivity index (χ3n) is 4.01. The molecule has 0 heterocycles. The van der Waals surface area contributed by atoms with Crippen LogP contribution < -0.4 is 15.4 Å². The third-order valence-corrected chi connectivity index (χ3v) is 4.01. The van der Waals surface area contributed by atoms with E-state index in [1.807, 2.05) is 36.4 Å². The molecule has 2 rings (SSSR count). The molecular weight excluding hydrogens is 328 g/mol. The van der Waals surface area contributed by atoms with E-state index in [9.17, 15) is 9.59 Å². The molecule has 2 N–H and O–H groups in total. The van der Waals surface area contributed by atoms with Gasteiger partial charge in [0.1, 0.15) is 5.75 Å². The quantitative estimate of drug-likeness (QED) is 0.673. The fraction of sp³-hybridized carbons (Fsp3) is 0.333. The minimum absolute atomic E-state index is 0.0181. The van der Waals surface area contributed by atoms with Gasteiger partial charge in [-0.25, -0.2) is 0 Å². The number of unbranched alkanes of at least 4 members (excludes halogenated alkanes) is 1. The Labute approximate surface area is 154 Å². The number of benzene rings is 2. The molecule has 0 bridgehead atoms. The molecule has 0 unspecified atom stereocenters. The summed E-state index contributed by atoms with van der Waals surface area (Å²) in [6.07, 6.45) is 3.23. The van der Waals surface area contributed by atoms with Gasteiger partial charge in [-0.15, -0.1) is 0 Å². The standard InChI is InChI=1S/C21H26N2O3/c1-3-4-15-26-19-12-8-17(9-13-19)21(25)23-18-10-5-16(6-11-18)7-14-20(24)22-2/h5-6,8-13H,3-4,7,14-15H2,1-2H3,(H,22,24)(H,23,25). The number of anilines is 1. The van der Waals surface area contributed by atoms with E-state index < -0.39 is 0 Å². The molecule has 5 heteroatoms. The lowest BCUT2D eigenvalue weighted by atomic mass is 10.1. The SMILES string of the molecule is CCCCOc1ccc(C(=O)Nc2ccc(CCC(=O)NC)cc2)cc1. The number of carbonyl (C=O) groups excluding carboxylic acids is 2. The van der Waals surface area contributed by atoms with Gasteiger partial charge >= 0.3 is 0 Å². The van der Waals surface area contributed by atoms with Crippen LogP contribution in [0.2, 0.25) is 0 Å². The molecule has 26 heavy (non-hydrogen) atoms. The Hall–Kier alpha value is -2.82. The monoisotopic (exact) mass is 354 g/mol. The van der Waals surface area contributed by atoms with Crippen LogP contribution in [-0.4, -0.2) is 25.5 Å². The average molecular weight is 354 g/mol. The van der Waals surface area contributed by atoms with Crippen molar-refractivity contribution in [3.8, 4) is 5.75 Å². The van der Waals surface area contributed by atoms with Crippen molar-refractivity contribution < 1.29 is 14.3 Å². The summed E-state index contributed by atoms with van der Waals surface area (Å²) in [7, 11) is 1.63. The zero-order valence-corrected chi connectivity index (χ0v) is 15.4. The molecule has 2 aromatic rings. The summed E-state index contributed by atoms with van der Waals surface area (Å²) in [5.41, 5.74) is 2.36. The Morgan fingerprint density at radius 3 is 2.31 bits per heavy atom. The summed E-state index contributed by atoms with van der Waals surface area (Å²) in [5, 5.41) is 5.48. The van der Waals surface area contributed by atoms with Crippen LogP contribution in [0, 0.1) is 0 Å². The lowest BCUT2D eigenvalue weighted by Gasteiger charge is -2.08. The molecule has 2 amide bonds. The summed E-state index contributed by atoms with van der Waals surface area (Å²) >= 11 is 0. The van der Waals surface area contributed by atoms with Gasteiger partial charge in [0.05, 0.1) is 6.61 Å². The molecule has 0 aliphatic rings. The van der Waals surface area contributed by atoms with Crippen LogP contribution >= 0.6 is 0 Å². The smallest absolute Gasteiger partial charge is 0.255 e. The molecule has 0 saturated heterocycles. The molecular formula is C21H26N2O3. The zero-order chi connectivity index (χ0) is 18.8. The van der Waals surface area contributed by atoms with Gasteiger partial charge < -0.3 is 15.4 Å². The fourth-order valence-corrected chi connectivity index (χ4v) is 2.38. The first-order valence-corrected chi connectivity index (χ1v) is 8.96. The maximum absolute atomic E-state index is 12.3. The van der Waals surface area contributed by atoms with E-state index >= 15 is 0 Å².